The molecule has 0 radical (unpaired) electrons. The number of esters is 3. The summed E-state index contributed by atoms with van der Waals surface area (Å²) in [7, 11) is 1.35. The van der Waals surface area contributed by atoms with Crippen molar-refractivity contribution in [3.8, 4) is 0 Å². The molecule has 37 heavy (non-hydrogen) atoms. The molecule has 10 heteroatoms. The number of aliphatic hydroxyl groups is 1. The van der Waals surface area contributed by atoms with Gasteiger partial charge in [-0.1, -0.05) is 13.8 Å². The lowest BCUT2D eigenvalue weighted by Gasteiger charge is -2.64. The summed E-state index contributed by atoms with van der Waals surface area (Å²) in [6, 6.07) is 0. The molecule has 1 spiro atoms. The minimum Gasteiger partial charge on any atom is -0.469 e. The maximum Gasteiger partial charge on any atom is 0.339 e. The Morgan fingerprint density at radius 2 is 1.76 bits per heavy atom. The van der Waals surface area contributed by atoms with Crippen LogP contribution in [0.3, 0.4) is 0 Å². The summed E-state index contributed by atoms with van der Waals surface area (Å²) < 4.78 is 28.5. The lowest BCUT2D eigenvalue weighted by atomic mass is 9.37. The Hall–Kier alpha value is -2.30. The van der Waals surface area contributed by atoms with E-state index in [-0.39, 0.29) is 42.0 Å². The zero-order valence-electron chi connectivity index (χ0n) is 22.0. The molecule has 5 fully saturated rings. The largest absolute Gasteiger partial charge is 0.469 e. The molecule has 0 bridgehead atoms. The zero-order valence-corrected chi connectivity index (χ0v) is 22.0. The fourth-order valence-corrected chi connectivity index (χ4v) is 9.37. The van der Waals surface area contributed by atoms with Crippen molar-refractivity contribution < 1.29 is 48.0 Å². The van der Waals surface area contributed by atoms with Gasteiger partial charge in [0, 0.05) is 34.8 Å². The minimum absolute atomic E-state index is 0.00878. The number of epoxide rings is 1. The van der Waals surface area contributed by atoms with Crippen LogP contribution in [0.2, 0.25) is 0 Å². The second-order valence-corrected chi connectivity index (χ2v) is 12.7. The van der Waals surface area contributed by atoms with Crippen LogP contribution in [0, 0.1) is 28.1 Å². The van der Waals surface area contributed by atoms with Crippen molar-refractivity contribution in [3.05, 3.63) is 11.6 Å². The molecule has 10 nitrogen and oxygen atoms in total. The van der Waals surface area contributed by atoms with Crippen molar-refractivity contribution in [2.24, 2.45) is 28.1 Å². The number of ketones is 1. The second-order valence-electron chi connectivity index (χ2n) is 12.7. The maximum absolute atomic E-state index is 14.3. The predicted octanol–water partition coefficient (Wildman–Crippen LogP) is 1.61. The first-order chi connectivity index (χ1) is 17.2. The van der Waals surface area contributed by atoms with Gasteiger partial charge in [-0.05, 0) is 39.5 Å². The number of rotatable bonds is 3. The minimum atomic E-state index is -1.53. The van der Waals surface area contributed by atoms with E-state index in [1.54, 1.807) is 0 Å². The van der Waals surface area contributed by atoms with Crippen molar-refractivity contribution in [1.82, 2.24) is 0 Å². The molecular formula is C27H34O10. The fourth-order valence-electron chi connectivity index (χ4n) is 9.37. The van der Waals surface area contributed by atoms with Crippen LogP contribution >= 0.6 is 0 Å². The molecule has 10 atom stereocenters. The molecular weight excluding hydrogens is 484 g/mol. The van der Waals surface area contributed by atoms with Gasteiger partial charge < -0.3 is 28.8 Å². The highest BCUT2D eigenvalue weighted by Gasteiger charge is 2.89. The van der Waals surface area contributed by atoms with E-state index in [0.717, 1.165) is 0 Å². The Labute approximate surface area is 215 Å². The number of fused-ring (bicyclic) bond motifs is 3. The smallest absolute Gasteiger partial charge is 0.339 e. The molecule has 4 aliphatic heterocycles. The predicted molar refractivity (Wildman–Crippen MR) is 123 cm³/mol. The zero-order chi connectivity index (χ0) is 26.9. The molecule has 6 rings (SSSR count). The number of ether oxygens (including phenoxy) is 5. The summed E-state index contributed by atoms with van der Waals surface area (Å²) >= 11 is 0. The van der Waals surface area contributed by atoms with Crippen LogP contribution in [0.4, 0.5) is 0 Å². The third-order valence-electron chi connectivity index (χ3n) is 11.0. The number of methoxy groups -OCH3 is 1. The normalized spacial score (nSPS) is 51.1. The van der Waals surface area contributed by atoms with Gasteiger partial charge in [0.2, 0.25) is 6.29 Å². The standard InChI is InChI=1S/C27H34O10/c1-23(2)14-10-15(28)26(5)13(25(14,4)16(36-23)11-17(29)33-6)7-8-24(3)19(12-9-18(30)34-21(12)31)35-22(32)20-27(24,26)37-20/h9,13-14,16,19-21,31H,7-8,10-11H2,1-6H3/t13-,14+,16-,19+,20-,21-,24+,25-,26+,27-/m1/s1. The van der Waals surface area contributed by atoms with Crippen LogP contribution in [0.1, 0.15) is 60.3 Å². The molecule has 202 valence electrons. The summed E-state index contributed by atoms with van der Waals surface area (Å²) in [4.78, 5) is 51.8. The number of carbonyl (C=O) groups is 4. The Bertz CT molecular complexity index is 1160. The van der Waals surface area contributed by atoms with Gasteiger partial charge >= 0.3 is 17.9 Å². The maximum atomic E-state index is 14.3. The molecule has 6 aliphatic rings. The third kappa shape index (κ3) is 2.71. The highest BCUT2D eigenvalue weighted by Crippen LogP contribution is 2.78. The van der Waals surface area contributed by atoms with Crippen molar-refractivity contribution in [3.63, 3.8) is 0 Å². The topological polar surface area (TPSA) is 138 Å². The molecule has 2 aliphatic carbocycles. The van der Waals surface area contributed by atoms with Gasteiger partial charge in [0.25, 0.3) is 0 Å². The second kappa shape index (κ2) is 7.21. The quantitative estimate of drug-likeness (QED) is 0.333. The van der Waals surface area contributed by atoms with E-state index in [0.29, 0.717) is 12.8 Å². The SMILES string of the molecule is COC(=O)C[C@H]1OC(C)(C)[C@@H]2CC(=O)[C@]3(C)[C@H](CC[C@@]4(C)[C@H](C5=CC(=O)O[C@H]5O)OC(=O)[C@H]5O[C@]543)[C@@]12C. The Morgan fingerprint density at radius 3 is 2.38 bits per heavy atom. The Kier molecular flexibility index (Phi) is 4.87. The highest BCUT2D eigenvalue weighted by molar-refractivity contribution is 5.94. The molecule has 1 N–H and O–H groups in total. The molecule has 0 amide bonds. The van der Waals surface area contributed by atoms with E-state index in [4.69, 9.17) is 23.7 Å². The first-order valence-electron chi connectivity index (χ1n) is 12.9. The summed E-state index contributed by atoms with van der Waals surface area (Å²) in [5.41, 5.74) is -4.24. The molecule has 2 saturated carbocycles. The van der Waals surface area contributed by atoms with Crippen molar-refractivity contribution in [2.75, 3.05) is 7.11 Å². The van der Waals surface area contributed by atoms with E-state index >= 15 is 0 Å². The van der Waals surface area contributed by atoms with Gasteiger partial charge in [-0.15, -0.1) is 0 Å². The van der Waals surface area contributed by atoms with E-state index in [1.807, 2.05) is 27.7 Å². The van der Waals surface area contributed by atoms with Crippen LogP contribution in [0.25, 0.3) is 0 Å². The number of carbonyl (C=O) groups excluding carboxylic acids is 4. The van der Waals surface area contributed by atoms with Gasteiger partial charge in [-0.25, -0.2) is 9.59 Å². The van der Waals surface area contributed by atoms with Gasteiger partial charge in [0.05, 0.1) is 30.7 Å². The first-order valence-corrected chi connectivity index (χ1v) is 12.9. The average Bonchev–Trinajstić information content (AvgIpc) is 3.47. The molecule has 0 unspecified atom stereocenters. The monoisotopic (exact) mass is 518 g/mol. The molecule has 0 aromatic rings. The summed E-state index contributed by atoms with van der Waals surface area (Å²) in [5, 5.41) is 10.4. The van der Waals surface area contributed by atoms with Crippen molar-refractivity contribution in [1.29, 1.82) is 0 Å². The fraction of sp³-hybridized carbons (Fsp3) is 0.778. The van der Waals surface area contributed by atoms with E-state index in [2.05, 4.69) is 6.92 Å². The summed E-state index contributed by atoms with van der Waals surface area (Å²) in [6.45, 7) is 9.81. The highest BCUT2D eigenvalue weighted by atomic mass is 16.7. The van der Waals surface area contributed by atoms with Crippen LogP contribution < -0.4 is 0 Å². The van der Waals surface area contributed by atoms with Crippen LogP contribution in [0.15, 0.2) is 11.6 Å². The van der Waals surface area contributed by atoms with Gasteiger partial charge in [-0.2, -0.15) is 0 Å². The number of Topliss-reactive ketones (excluding diaryl/α,β-unsaturated/α-hetero) is 1. The Morgan fingerprint density at radius 1 is 1.05 bits per heavy atom. The Balaban J connectivity index is 1.48. The number of hydrogen-bond donors (Lipinski definition) is 1. The number of hydrogen-bond acceptors (Lipinski definition) is 10. The van der Waals surface area contributed by atoms with Gasteiger partial charge in [-0.3, -0.25) is 9.59 Å². The first kappa shape index (κ1) is 25.0. The van der Waals surface area contributed by atoms with E-state index < -0.39 is 64.0 Å². The van der Waals surface area contributed by atoms with Crippen LogP contribution in [-0.2, 0) is 42.9 Å². The van der Waals surface area contributed by atoms with E-state index in [9.17, 15) is 24.3 Å². The lowest BCUT2D eigenvalue weighted by molar-refractivity contribution is -0.208. The van der Waals surface area contributed by atoms with E-state index in [1.165, 1.54) is 13.2 Å². The van der Waals surface area contributed by atoms with Gasteiger partial charge in [0.1, 0.15) is 17.5 Å². The number of aliphatic hydroxyl groups excluding tert-OH is 1. The lowest BCUT2D eigenvalue weighted by Crippen LogP contribution is -2.72. The van der Waals surface area contributed by atoms with Gasteiger partial charge in [0.15, 0.2) is 6.10 Å². The summed E-state index contributed by atoms with van der Waals surface area (Å²) in [5.74, 6) is -2.12. The van der Waals surface area contributed by atoms with Crippen molar-refractivity contribution >= 4 is 23.7 Å². The molecule has 0 aromatic carbocycles. The number of cyclic esters (lactones) is 2. The van der Waals surface area contributed by atoms with Crippen LogP contribution in [0.5, 0.6) is 0 Å². The summed E-state index contributed by atoms with van der Waals surface area (Å²) in [6.07, 6.45) is -1.41. The molecule has 0 aromatic heterocycles. The third-order valence-corrected chi connectivity index (χ3v) is 11.0. The van der Waals surface area contributed by atoms with Crippen molar-refractivity contribution in [2.45, 2.75) is 96.1 Å². The molecule has 4 heterocycles. The van der Waals surface area contributed by atoms with Crippen LogP contribution in [-0.4, -0.2) is 71.7 Å². The average molecular weight is 519 g/mol. The molecule has 3 saturated heterocycles.